The van der Waals surface area contributed by atoms with Gasteiger partial charge in [-0.05, 0) is 30.5 Å². The van der Waals surface area contributed by atoms with E-state index >= 15 is 0 Å². The average Bonchev–Trinajstić information content (AvgIpc) is 2.76. The van der Waals surface area contributed by atoms with Crippen molar-refractivity contribution < 1.29 is 9.53 Å². The van der Waals surface area contributed by atoms with Crippen LogP contribution in [-0.2, 0) is 11.3 Å². The molecule has 0 aliphatic carbocycles. The number of nitrogens with one attached hydrogen (secondary N) is 3. The van der Waals surface area contributed by atoms with E-state index in [1.54, 1.807) is 24.5 Å². The number of hydrogen-bond donors (Lipinski definition) is 3. The van der Waals surface area contributed by atoms with Gasteiger partial charge in [-0.2, -0.15) is 0 Å². The van der Waals surface area contributed by atoms with Crippen molar-refractivity contribution in [3.05, 3.63) is 66.0 Å². The Morgan fingerprint density at radius 2 is 1.90 bits per heavy atom. The molecule has 0 spiro atoms. The van der Waals surface area contributed by atoms with Gasteiger partial charge in [0, 0.05) is 38.6 Å². The maximum absolute atomic E-state index is 12.0. The molecule has 0 bridgehead atoms. The maximum Gasteiger partial charge on any atom is 0.252 e. The van der Waals surface area contributed by atoms with Crippen LogP contribution in [0.3, 0.4) is 0 Å². The van der Waals surface area contributed by atoms with Gasteiger partial charge in [-0.1, -0.05) is 37.3 Å². The zero-order chi connectivity index (χ0) is 20.7. The van der Waals surface area contributed by atoms with Crippen LogP contribution < -0.4 is 16.0 Å². The van der Waals surface area contributed by atoms with Crippen LogP contribution in [0.4, 0.5) is 0 Å². The molecule has 0 saturated carbocycles. The first-order chi connectivity index (χ1) is 14.2. The van der Waals surface area contributed by atoms with Crippen molar-refractivity contribution in [2.45, 2.75) is 20.5 Å². The first-order valence-electron chi connectivity index (χ1n) is 10.0. The normalized spacial score (nSPS) is 12.3. The summed E-state index contributed by atoms with van der Waals surface area (Å²) >= 11 is 0. The summed E-state index contributed by atoms with van der Waals surface area (Å²) in [5, 5.41) is 9.31. The van der Waals surface area contributed by atoms with Crippen LogP contribution >= 0.6 is 0 Å². The van der Waals surface area contributed by atoms with Gasteiger partial charge in [-0.15, -0.1) is 0 Å². The van der Waals surface area contributed by atoms with Crippen LogP contribution in [0.25, 0.3) is 0 Å². The molecular formula is C22H31N5O2. The Morgan fingerprint density at radius 1 is 1.10 bits per heavy atom. The van der Waals surface area contributed by atoms with Gasteiger partial charge >= 0.3 is 0 Å². The second kappa shape index (κ2) is 13.3. The van der Waals surface area contributed by atoms with Gasteiger partial charge in [0.2, 0.25) is 0 Å². The van der Waals surface area contributed by atoms with E-state index in [1.165, 1.54) is 5.56 Å². The van der Waals surface area contributed by atoms with E-state index in [-0.39, 0.29) is 5.91 Å². The lowest BCUT2D eigenvalue weighted by Crippen LogP contribution is -2.41. The van der Waals surface area contributed by atoms with Crippen LogP contribution in [0.15, 0.2) is 59.9 Å². The number of pyridine rings is 1. The zero-order valence-electron chi connectivity index (χ0n) is 17.2. The van der Waals surface area contributed by atoms with Crippen LogP contribution in [0, 0.1) is 5.92 Å². The number of amides is 1. The molecule has 2 aromatic rings. The molecule has 1 unspecified atom stereocenters. The highest BCUT2D eigenvalue weighted by Crippen LogP contribution is 2.03. The maximum atomic E-state index is 12.0. The van der Waals surface area contributed by atoms with E-state index in [9.17, 15) is 4.79 Å². The van der Waals surface area contributed by atoms with Gasteiger partial charge in [0.15, 0.2) is 5.96 Å². The number of benzene rings is 1. The molecule has 1 aromatic heterocycles. The number of aromatic nitrogens is 1. The van der Waals surface area contributed by atoms with Crippen LogP contribution in [0.5, 0.6) is 0 Å². The molecule has 7 nitrogen and oxygen atoms in total. The van der Waals surface area contributed by atoms with Crippen molar-refractivity contribution in [1.29, 1.82) is 0 Å². The van der Waals surface area contributed by atoms with E-state index < -0.39 is 0 Å². The molecule has 3 N–H and O–H groups in total. The predicted molar refractivity (Wildman–Crippen MR) is 116 cm³/mol. The molecule has 2 rings (SSSR count). The van der Waals surface area contributed by atoms with Crippen molar-refractivity contribution in [3.8, 4) is 0 Å². The Kier molecular flexibility index (Phi) is 10.2. The summed E-state index contributed by atoms with van der Waals surface area (Å²) in [7, 11) is 0. The minimum atomic E-state index is -0.133. The third-order valence-electron chi connectivity index (χ3n) is 4.05. The van der Waals surface area contributed by atoms with Gasteiger partial charge in [0.05, 0.1) is 18.8 Å². The second-order valence-electron chi connectivity index (χ2n) is 6.75. The fourth-order valence-electron chi connectivity index (χ4n) is 2.55. The van der Waals surface area contributed by atoms with E-state index in [0.29, 0.717) is 44.3 Å². The highest BCUT2D eigenvalue weighted by molar-refractivity contribution is 5.93. The Labute approximate surface area is 173 Å². The van der Waals surface area contributed by atoms with Gasteiger partial charge in [0.25, 0.3) is 5.91 Å². The summed E-state index contributed by atoms with van der Waals surface area (Å²) in [6.45, 7) is 7.91. The van der Waals surface area contributed by atoms with Crippen molar-refractivity contribution in [3.63, 3.8) is 0 Å². The largest absolute Gasteiger partial charge is 0.376 e. The van der Waals surface area contributed by atoms with Gasteiger partial charge < -0.3 is 20.7 Å². The topological polar surface area (TPSA) is 87.6 Å². The lowest BCUT2D eigenvalue weighted by molar-refractivity contribution is 0.0944. The number of nitrogens with zero attached hydrogens (tertiary/aromatic N) is 2. The summed E-state index contributed by atoms with van der Waals surface area (Å²) in [6, 6.07) is 13.6. The fraction of sp³-hybridized carbons (Fsp3) is 0.409. The Morgan fingerprint density at radius 3 is 2.62 bits per heavy atom. The van der Waals surface area contributed by atoms with E-state index in [4.69, 9.17) is 4.74 Å². The molecule has 1 atom stereocenters. The summed E-state index contributed by atoms with van der Waals surface area (Å²) in [5.74, 6) is 0.906. The van der Waals surface area contributed by atoms with E-state index in [1.807, 2.05) is 25.1 Å². The average molecular weight is 398 g/mol. The minimum Gasteiger partial charge on any atom is -0.376 e. The van der Waals surface area contributed by atoms with Crippen molar-refractivity contribution in [1.82, 2.24) is 20.9 Å². The van der Waals surface area contributed by atoms with Gasteiger partial charge in [-0.25, -0.2) is 0 Å². The zero-order valence-corrected chi connectivity index (χ0v) is 17.2. The molecule has 0 saturated heterocycles. The number of ether oxygens (including phenoxy) is 1. The summed E-state index contributed by atoms with van der Waals surface area (Å²) in [6.07, 6.45) is 3.20. The first kappa shape index (κ1) is 22.4. The lowest BCUT2D eigenvalue weighted by Gasteiger charge is -2.14. The van der Waals surface area contributed by atoms with Crippen LogP contribution in [0.1, 0.15) is 29.8 Å². The van der Waals surface area contributed by atoms with Crippen molar-refractivity contribution in [2.75, 3.05) is 32.8 Å². The Hall–Kier alpha value is -2.93. The SMILES string of the molecule is CCNC(=NCC(C)COCc1ccccc1)NCCNC(=O)c1cccnc1. The van der Waals surface area contributed by atoms with Crippen LogP contribution in [0.2, 0.25) is 0 Å². The predicted octanol–water partition coefficient (Wildman–Crippen LogP) is 2.22. The Balaban J connectivity index is 1.66. The lowest BCUT2D eigenvalue weighted by atomic mass is 10.2. The van der Waals surface area contributed by atoms with E-state index in [2.05, 4.69) is 45.0 Å². The molecule has 0 radical (unpaired) electrons. The number of guanidine groups is 1. The van der Waals surface area contributed by atoms with Gasteiger partial charge in [0.1, 0.15) is 0 Å². The number of hydrogen-bond acceptors (Lipinski definition) is 4. The fourth-order valence-corrected chi connectivity index (χ4v) is 2.55. The summed E-state index contributed by atoms with van der Waals surface area (Å²) in [5.41, 5.74) is 1.73. The molecule has 7 heteroatoms. The molecule has 156 valence electrons. The number of carbonyl (C=O) groups excluding carboxylic acids is 1. The standard InChI is InChI=1S/C22H31N5O2/c1-3-24-22(26-13-12-25-21(28)20-10-7-11-23-15-20)27-14-18(2)16-29-17-19-8-5-4-6-9-19/h4-11,15,18H,3,12-14,16-17H2,1-2H3,(H,25,28)(H2,24,26,27). The third kappa shape index (κ3) is 9.21. The highest BCUT2D eigenvalue weighted by Gasteiger charge is 2.05. The summed E-state index contributed by atoms with van der Waals surface area (Å²) in [4.78, 5) is 20.5. The molecule has 0 fully saturated rings. The molecular weight excluding hydrogens is 366 g/mol. The summed E-state index contributed by atoms with van der Waals surface area (Å²) < 4.78 is 5.78. The highest BCUT2D eigenvalue weighted by atomic mass is 16.5. The quantitative estimate of drug-likeness (QED) is 0.307. The third-order valence-corrected chi connectivity index (χ3v) is 4.05. The molecule has 1 amide bonds. The minimum absolute atomic E-state index is 0.133. The smallest absolute Gasteiger partial charge is 0.252 e. The molecule has 29 heavy (non-hydrogen) atoms. The monoisotopic (exact) mass is 397 g/mol. The van der Waals surface area contributed by atoms with Crippen LogP contribution in [-0.4, -0.2) is 49.6 Å². The number of carbonyl (C=O) groups is 1. The van der Waals surface area contributed by atoms with E-state index in [0.717, 1.165) is 12.5 Å². The Bertz CT molecular complexity index is 737. The van der Waals surface area contributed by atoms with Crippen molar-refractivity contribution in [2.24, 2.45) is 10.9 Å². The first-order valence-corrected chi connectivity index (χ1v) is 10.0. The number of rotatable bonds is 11. The van der Waals surface area contributed by atoms with Gasteiger partial charge in [-0.3, -0.25) is 14.8 Å². The molecule has 1 aromatic carbocycles. The molecule has 0 aliphatic heterocycles. The second-order valence-corrected chi connectivity index (χ2v) is 6.75. The molecule has 0 aliphatic rings. The van der Waals surface area contributed by atoms with Crippen molar-refractivity contribution >= 4 is 11.9 Å². The molecule has 1 heterocycles. The number of aliphatic imine (C=N–C) groups is 1.